The smallest absolute Gasteiger partial charge is 0.0956 e. The second-order valence-electron chi connectivity index (χ2n) is 3.70. The minimum Gasteiger partial charge on any atom is -0.328 e. The average molecular weight is 170 g/mol. The lowest BCUT2D eigenvalue weighted by Crippen LogP contribution is -2.20. The summed E-state index contributed by atoms with van der Waals surface area (Å²) < 4.78 is 0. The Balaban J connectivity index is 2.37. The van der Waals surface area contributed by atoms with Crippen LogP contribution in [0.5, 0.6) is 0 Å². The van der Waals surface area contributed by atoms with Gasteiger partial charge in [-0.05, 0) is 27.3 Å². The van der Waals surface area contributed by atoms with Crippen LogP contribution in [0.25, 0.3) is 0 Å². The SMILES string of the molecule is CNC1CC1(C)/N=N/C(C)CN. The number of azo groups is 1. The van der Waals surface area contributed by atoms with Crippen LogP contribution in [-0.2, 0) is 0 Å². The predicted octanol–water partition coefficient (Wildman–Crippen LogP) is 0.536. The molecule has 0 amide bonds. The highest BCUT2D eigenvalue weighted by Gasteiger charge is 2.50. The van der Waals surface area contributed by atoms with Crippen LogP contribution in [0.4, 0.5) is 0 Å². The fourth-order valence-electron chi connectivity index (χ4n) is 1.16. The van der Waals surface area contributed by atoms with Crippen LogP contribution in [-0.4, -0.2) is 31.2 Å². The molecule has 1 aliphatic carbocycles. The molecule has 12 heavy (non-hydrogen) atoms. The molecule has 1 aliphatic rings. The summed E-state index contributed by atoms with van der Waals surface area (Å²) >= 11 is 0. The summed E-state index contributed by atoms with van der Waals surface area (Å²) in [6.45, 7) is 4.66. The lowest BCUT2D eigenvalue weighted by molar-refractivity contribution is 0.583. The van der Waals surface area contributed by atoms with E-state index in [4.69, 9.17) is 5.73 Å². The molecule has 1 fully saturated rings. The van der Waals surface area contributed by atoms with E-state index in [2.05, 4.69) is 22.5 Å². The molecule has 0 aromatic carbocycles. The van der Waals surface area contributed by atoms with E-state index in [9.17, 15) is 0 Å². The van der Waals surface area contributed by atoms with Crippen LogP contribution in [0.1, 0.15) is 20.3 Å². The van der Waals surface area contributed by atoms with Crippen molar-refractivity contribution in [1.29, 1.82) is 0 Å². The number of likely N-dealkylation sites (N-methyl/N-ethyl adjacent to an activating group) is 1. The van der Waals surface area contributed by atoms with Gasteiger partial charge in [-0.3, -0.25) is 0 Å². The molecule has 3 unspecified atom stereocenters. The maximum atomic E-state index is 5.42. The van der Waals surface area contributed by atoms with Gasteiger partial charge in [-0.2, -0.15) is 10.2 Å². The van der Waals surface area contributed by atoms with Gasteiger partial charge >= 0.3 is 0 Å². The lowest BCUT2D eigenvalue weighted by Gasteiger charge is -2.04. The highest BCUT2D eigenvalue weighted by molar-refractivity contribution is 5.11. The van der Waals surface area contributed by atoms with E-state index < -0.39 is 0 Å². The molecule has 0 spiro atoms. The Morgan fingerprint density at radius 3 is 2.83 bits per heavy atom. The molecular weight excluding hydrogens is 152 g/mol. The second kappa shape index (κ2) is 3.49. The van der Waals surface area contributed by atoms with Crippen molar-refractivity contribution >= 4 is 0 Å². The van der Waals surface area contributed by atoms with Crippen molar-refractivity contribution in [3.8, 4) is 0 Å². The van der Waals surface area contributed by atoms with Crippen LogP contribution in [0.2, 0.25) is 0 Å². The van der Waals surface area contributed by atoms with Crippen LogP contribution in [0.3, 0.4) is 0 Å². The van der Waals surface area contributed by atoms with Gasteiger partial charge in [0, 0.05) is 12.6 Å². The van der Waals surface area contributed by atoms with E-state index >= 15 is 0 Å². The fraction of sp³-hybridized carbons (Fsp3) is 1.00. The third-order valence-corrected chi connectivity index (χ3v) is 2.38. The van der Waals surface area contributed by atoms with E-state index in [-0.39, 0.29) is 11.6 Å². The molecule has 1 rings (SSSR count). The summed E-state index contributed by atoms with van der Waals surface area (Å²) in [6, 6.07) is 0.658. The van der Waals surface area contributed by atoms with E-state index in [0.717, 1.165) is 6.42 Å². The van der Waals surface area contributed by atoms with Gasteiger partial charge in [-0.15, -0.1) is 0 Å². The Labute approximate surface area is 73.6 Å². The molecule has 3 atom stereocenters. The van der Waals surface area contributed by atoms with Gasteiger partial charge in [-0.25, -0.2) is 0 Å². The van der Waals surface area contributed by atoms with Crippen molar-refractivity contribution in [2.45, 2.75) is 37.9 Å². The molecule has 1 saturated carbocycles. The van der Waals surface area contributed by atoms with Crippen molar-refractivity contribution < 1.29 is 0 Å². The highest BCUT2D eigenvalue weighted by atomic mass is 15.2. The largest absolute Gasteiger partial charge is 0.328 e. The molecule has 0 aromatic heterocycles. The standard InChI is InChI=1S/C8H18N4/c1-6(5-9)11-12-8(2)4-7(8)10-3/h6-7,10H,4-5,9H2,1-3H3/b12-11+. The second-order valence-corrected chi connectivity index (χ2v) is 3.70. The van der Waals surface area contributed by atoms with Crippen LogP contribution < -0.4 is 11.1 Å². The normalized spacial score (nSPS) is 37.2. The maximum absolute atomic E-state index is 5.42. The molecule has 0 saturated heterocycles. The highest BCUT2D eigenvalue weighted by Crippen LogP contribution is 2.39. The summed E-state index contributed by atoms with van der Waals surface area (Å²) in [5, 5.41) is 11.6. The molecular formula is C8H18N4. The van der Waals surface area contributed by atoms with Gasteiger partial charge in [-0.1, -0.05) is 0 Å². The van der Waals surface area contributed by atoms with E-state index in [1.54, 1.807) is 0 Å². The lowest BCUT2D eigenvalue weighted by atomic mass is 10.3. The number of nitrogens with zero attached hydrogens (tertiary/aromatic N) is 2. The third kappa shape index (κ3) is 2.01. The molecule has 4 nitrogen and oxygen atoms in total. The maximum Gasteiger partial charge on any atom is 0.0956 e. The van der Waals surface area contributed by atoms with Crippen LogP contribution >= 0.6 is 0 Å². The average Bonchev–Trinajstić information content (AvgIpc) is 2.74. The van der Waals surface area contributed by atoms with Crippen molar-refractivity contribution in [2.24, 2.45) is 16.0 Å². The number of hydrogen-bond acceptors (Lipinski definition) is 4. The first-order valence-corrected chi connectivity index (χ1v) is 4.41. The molecule has 4 heteroatoms. The first-order chi connectivity index (χ1) is 5.62. The van der Waals surface area contributed by atoms with Gasteiger partial charge < -0.3 is 11.1 Å². The first-order valence-electron chi connectivity index (χ1n) is 4.41. The Bertz CT molecular complexity index is 180. The number of nitrogens with two attached hydrogens (primary N) is 1. The molecule has 0 aliphatic heterocycles. The molecule has 0 bridgehead atoms. The zero-order chi connectivity index (χ0) is 9.19. The Morgan fingerprint density at radius 2 is 2.42 bits per heavy atom. The molecule has 0 radical (unpaired) electrons. The summed E-state index contributed by atoms with van der Waals surface area (Å²) in [7, 11) is 1.96. The molecule has 0 heterocycles. The topological polar surface area (TPSA) is 62.8 Å². The quantitative estimate of drug-likeness (QED) is 0.605. The van der Waals surface area contributed by atoms with Gasteiger partial charge in [0.05, 0.1) is 11.6 Å². The van der Waals surface area contributed by atoms with Gasteiger partial charge in [0.25, 0.3) is 0 Å². The van der Waals surface area contributed by atoms with E-state index in [0.29, 0.717) is 12.6 Å². The molecule has 70 valence electrons. The van der Waals surface area contributed by atoms with Crippen LogP contribution in [0.15, 0.2) is 10.2 Å². The van der Waals surface area contributed by atoms with Gasteiger partial charge in [0.15, 0.2) is 0 Å². The Morgan fingerprint density at radius 1 is 1.75 bits per heavy atom. The number of rotatable bonds is 4. The Kier molecular flexibility index (Phi) is 2.80. The third-order valence-electron chi connectivity index (χ3n) is 2.38. The fourth-order valence-corrected chi connectivity index (χ4v) is 1.16. The first kappa shape index (κ1) is 9.61. The number of nitrogens with one attached hydrogen (secondary N) is 1. The minimum absolute atomic E-state index is 0.0399. The molecule has 0 aromatic rings. The number of hydrogen-bond donors (Lipinski definition) is 2. The van der Waals surface area contributed by atoms with Crippen molar-refractivity contribution in [2.75, 3.05) is 13.6 Å². The predicted molar refractivity (Wildman–Crippen MR) is 49.2 cm³/mol. The van der Waals surface area contributed by atoms with Crippen LogP contribution in [0, 0.1) is 0 Å². The summed E-state index contributed by atoms with van der Waals surface area (Å²) in [6.07, 6.45) is 1.09. The monoisotopic (exact) mass is 170 g/mol. The van der Waals surface area contributed by atoms with Gasteiger partial charge in [0.1, 0.15) is 0 Å². The van der Waals surface area contributed by atoms with Crippen molar-refractivity contribution in [3.05, 3.63) is 0 Å². The van der Waals surface area contributed by atoms with E-state index in [1.165, 1.54) is 0 Å². The summed E-state index contributed by atoms with van der Waals surface area (Å²) in [5.74, 6) is 0. The van der Waals surface area contributed by atoms with Crippen molar-refractivity contribution in [1.82, 2.24) is 5.32 Å². The molecule has 3 N–H and O–H groups in total. The zero-order valence-electron chi connectivity index (χ0n) is 8.04. The Hall–Kier alpha value is -0.480. The van der Waals surface area contributed by atoms with Gasteiger partial charge in [0.2, 0.25) is 0 Å². The minimum atomic E-state index is 0.0399. The summed E-state index contributed by atoms with van der Waals surface area (Å²) in [5.41, 5.74) is 5.46. The van der Waals surface area contributed by atoms with Crippen molar-refractivity contribution in [3.63, 3.8) is 0 Å². The zero-order valence-corrected chi connectivity index (χ0v) is 8.04. The van der Waals surface area contributed by atoms with E-state index in [1.807, 2.05) is 14.0 Å². The summed E-state index contributed by atoms with van der Waals surface area (Å²) in [4.78, 5) is 0.